The monoisotopic (exact) mass is 296 g/mol. The van der Waals surface area contributed by atoms with E-state index in [1.807, 2.05) is 24.3 Å². The van der Waals surface area contributed by atoms with Gasteiger partial charge in [0.05, 0.1) is 22.3 Å². The van der Waals surface area contributed by atoms with Crippen molar-refractivity contribution in [2.24, 2.45) is 5.92 Å². The van der Waals surface area contributed by atoms with Crippen LogP contribution in [0, 0.1) is 17.2 Å². The molecular weight excluding hydrogens is 276 g/mol. The molecule has 108 valence electrons. The van der Waals surface area contributed by atoms with Crippen LogP contribution in [0.4, 0.5) is 0 Å². The predicted octanol–water partition coefficient (Wildman–Crippen LogP) is 5.37. The minimum Gasteiger partial charge on any atom is -0.241 e. The van der Waals surface area contributed by atoms with E-state index >= 15 is 0 Å². The van der Waals surface area contributed by atoms with Gasteiger partial charge in [0.25, 0.3) is 0 Å². The molecule has 3 rings (SSSR count). The molecule has 0 N–H and O–H groups in total. The summed E-state index contributed by atoms with van der Waals surface area (Å²) in [5, 5.41) is 12.3. The van der Waals surface area contributed by atoms with E-state index in [0.717, 1.165) is 17.2 Å². The van der Waals surface area contributed by atoms with Gasteiger partial charge < -0.3 is 0 Å². The number of hydrogen-bond donors (Lipinski definition) is 0. The fraction of sp³-hybridized carbons (Fsp3) is 0.444. The standard InChI is InChI=1S/C18H20N2S/c1-2-13-3-9-16(10-4-13)18-20-17(12-21-18)15-7-5-14(11-19)6-8-15/h5-8,12-13,16H,2-4,9-10H2,1H3. The number of thiazole rings is 1. The third-order valence-electron chi connectivity index (χ3n) is 4.61. The molecule has 0 atom stereocenters. The topological polar surface area (TPSA) is 36.7 Å². The average molecular weight is 296 g/mol. The summed E-state index contributed by atoms with van der Waals surface area (Å²) in [5.74, 6) is 1.59. The Morgan fingerprint density at radius 1 is 1.19 bits per heavy atom. The van der Waals surface area contributed by atoms with Crippen molar-refractivity contribution in [3.05, 3.63) is 40.2 Å². The van der Waals surface area contributed by atoms with Gasteiger partial charge in [-0.1, -0.05) is 25.5 Å². The van der Waals surface area contributed by atoms with Gasteiger partial charge in [0, 0.05) is 16.9 Å². The lowest BCUT2D eigenvalue weighted by Crippen LogP contribution is -2.12. The molecule has 21 heavy (non-hydrogen) atoms. The molecule has 0 bridgehead atoms. The van der Waals surface area contributed by atoms with Crippen molar-refractivity contribution in [3.8, 4) is 17.3 Å². The summed E-state index contributed by atoms with van der Waals surface area (Å²) in [6.07, 6.45) is 6.61. The Morgan fingerprint density at radius 2 is 1.90 bits per heavy atom. The molecule has 0 radical (unpaired) electrons. The first kappa shape index (κ1) is 14.3. The molecule has 0 spiro atoms. The van der Waals surface area contributed by atoms with Crippen LogP contribution in [0.1, 0.15) is 55.5 Å². The zero-order valence-electron chi connectivity index (χ0n) is 12.4. The first-order valence-corrected chi connectivity index (χ1v) is 8.64. The summed E-state index contributed by atoms with van der Waals surface area (Å²) >= 11 is 1.79. The van der Waals surface area contributed by atoms with Crippen molar-refractivity contribution in [2.45, 2.75) is 44.9 Å². The van der Waals surface area contributed by atoms with E-state index < -0.39 is 0 Å². The van der Waals surface area contributed by atoms with Crippen molar-refractivity contribution < 1.29 is 0 Å². The highest BCUT2D eigenvalue weighted by atomic mass is 32.1. The zero-order valence-corrected chi connectivity index (χ0v) is 13.2. The van der Waals surface area contributed by atoms with Gasteiger partial charge in [0.1, 0.15) is 0 Å². The lowest BCUT2D eigenvalue weighted by Gasteiger charge is -2.26. The lowest BCUT2D eigenvalue weighted by molar-refractivity contribution is 0.318. The molecule has 0 amide bonds. The molecule has 0 saturated heterocycles. The third kappa shape index (κ3) is 3.16. The van der Waals surface area contributed by atoms with Gasteiger partial charge in [-0.2, -0.15) is 5.26 Å². The van der Waals surface area contributed by atoms with Crippen LogP contribution >= 0.6 is 11.3 Å². The molecule has 2 nitrogen and oxygen atoms in total. The molecule has 3 heteroatoms. The summed E-state index contributed by atoms with van der Waals surface area (Å²) in [7, 11) is 0. The first-order chi connectivity index (χ1) is 10.3. The van der Waals surface area contributed by atoms with Gasteiger partial charge >= 0.3 is 0 Å². The molecule has 2 aromatic rings. The third-order valence-corrected chi connectivity index (χ3v) is 5.61. The molecule has 1 aromatic carbocycles. The highest BCUT2D eigenvalue weighted by Crippen LogP contribution is 2.39. The van der Waals surface area contributed by atoms with Gasteiger partial charge in [-0.05, 0) is 43.7 Å². The van der Waals surface area contributed by atoms with Gasteiger partial charge in [-0.25, -0.2) is 4.98 Å². The normalized spacial score (nSPS) is 21.9. The van der Waals surface area contributed by atoms with Gasteiger partial charge in [0.2, 0.25) is 0 Å². The molecule has 1 saturated carbocycles. The highest BCUT2D eigenvalue weighted by Gasteiger charge is 2.23. The Kier molecular flexibility index (Phi) is 4.36. The molecule has 1 aliphatic rings. The lowest BCUT2D eigenvalue weighted by atomic mass is 9.81. The predicted molar refractivity (Wildman–Crippen MR) is 87.3 cm³/mol. The smallest absolute Gasteiger partial charge is 0.0991 e. The van der Waals surface area contributed by atoms with Crippen molar-refractivity contribution >= 4 is 11.3 Å². The molecule has 1 aliphatic carbocycles. The highest BCUT2D eigenvalue weighted by molar-refractivity contribution is 7.10. The van der Waals surface area contributed by atoms with E-state index in [1.54, 1.807) is 11.3 Å². The average Bonchev–Trinajstić information content (AvgIpc) is 3.05. The SMILES string of the molecule is CCC1CCC(c2nc(-c3ccc(C#N)cc3)cs2)CC1. The van der Waals surface area contributed by atoms with Crippen LogP contribution in [0.15, 0.2) is 29.6 Å². The zero-order chi connectivity index (χ0) is 14.7. The van der Waals surface area contributed by atoms with E-state index in [1.165, 1.54) is 37.1 Å². The molecular formula is C18H20N2S. The summed E-state index contributed by atoms with van der Waals surface area (Å²) in [4.78, 5) is 4.85. The summed E-state index contributed by atoms with van der Waals surface area (Å²) in [5.41, 5.74) is 2.86. The fourth-order valence-electron chi connectivity index (χ4n) is 3.14. The van der Waals surface area contributed by atoms with E-state index in [9.17, 15) is 0 Å². The number of aromatic nitrogens is 1. The van der Waals surface area contributed by atoms with Crippen molar-refractivity contribution in [1.82, 2.24) is 4.98 Å². The Morgan fingerprint density at radius 3 is 2.52 bits per heavy atom. The summed E-state index contributed by atoms with van der Waals surface area (Å²) < 4.78 is 0. The molecule has 1 aromatic heterocycles. The van der Waals surface area contributed by atoms with Crippen LogP contribution in [0.3, 0.4) is 0 Å². The maximum absolute atomic E-state index is 8.85. The number of hydrogen-bond acceptors (Lipinski definition) is 3. The first-order valence-electron chi connectivity index (χ1n) is 7.76. The van der Waals surface area contributed by atoms with Crippen LogP contribution in [0.25, 0.3) is 11.3 Å². The Bertz CT molecular complexity index is 628. The van der Waals surface area contributed by atoms with Crippen LogP contribution in [0.5, 0.6) is 0 Å². The number of benzene rings is 1. The second-order valence-corrected chi connectivity index (χ2v) is 6.78. The van der Waals surface area contributed by atoms with Crippen LogP contribution in [-0.4, -0.2) is 4.98 Å². The number of nitrogens with zero attached hydrogens (tertiary/aromatic N) is 2. The molecule has 0 unspecified atom stereocenters. The molecule has 1 fully saturated rings. The molecule has 0 aliphatic heterocycles. The van der Waals surface area contributed by atoms with Gasteiger partial charge in [0.15, 0.2) is 0 Å². The Hall–Kier alpha value is -1.66. The minimum atomic E-state index is 0.657. The maximum atomic E-state index is 8.85. The van der Waals surface area contributed by atoms with Crippen LogP contribution in [0.2, 0.25) is 0 Å². The van der Waals surface area contributed by atoms with E-state index in [0.29, 0.717) is 11.5 Å². The minimum absolute atomic E-state index is 0.657. The summed E-state index contributed by atoms with van der Waals surface area (Å²) in [6, 6.07) is 9.86. The molecule has 1 heterocycles. The van der Waals surface area contributed by atoms with Crippen LogP contribution in [-0.2, 0) is 0 Å². The fourth-order valence-corrected chi connectivity index (χ4v) is 4.14. The van der Waals surface area contributed by atoms with Gasteiger partial charge in [-0.3, -0.25) is 0 Å². The number of nitriles is 1. The second-order valence-electron chi connectivity index (χ2n) is 5.89. The van der Waals surface area contributed by atoms with E-state index in [2.05, 4.69) is 18.4 Å². The van der Waals surface area contributed by atoms with Crippen molar-refractivity contribution in [1.29, 1.82) is 5.26 Å². The van der Waals surface area contributed by atoms with Crippen molar-refractivity contribution in [2.75, 3.05) is 0 Å². The Labute approximate surface area is 130 Å². The van der Waals surface area contributed by atoms with Crippen molar-refractivity contribution in [3.63, 3.8) is 0 Å². The van der Waals surface area contributed by atoms with Crippen LogP contribution < -0.4 is 0 Å². The maximum Gasteiger partial charge on any atom is 0.0991 e. The largest absolute Gasteiger partial charge is 0.241 e. The Balaban J connectivity index is 1.73. The van der Waals surface area contributed by atoms with Gasteiger partial charge in [-0.15, -0.1) is 11.3 Å². The number of rotatable bonds is 3. The van der Waals surface area contributed by atoms with E-state index in [4.69, 9.17) is 10.2 Å². The second kappa shape index (κ2) is 6.41. The summed E-state index contributed by atoms with van der Waals surface area (Å²) in [6.45, 7) is 2.30. The van der Waals surface area contributed by atoms with E-state index in [-0.39, 0.29) is 0 Å². The quantitative estimate of drug-likeness (QED) is 0.764.